The smallest absolute Gasteiger partial charge is 0.0849 e. The minimum Gasteiger partial charge on any atom is -0.754 e. The summed E-state index contributed by atoms with van der Waals surface area (Å²) >= 11 is 0. The van der Waals surface area contributed by atoms with Crippen molar-refractivity contribution in [3.05, 3.63) is 5.21 Å². The van der Waals surface area contributed by atoms with E-state index in [1.165, 1.54) is 0 Å². The Morgan fingerprint density at radius 2 is 0.880 bits per heavy atom. The van der Waals surface area contributed by atoms with Crippen LogP contribution in [0.5, 0.6) is 0 Å². The highest BCUT2D eigenvalue weighted by molar-refractivity contribution is 6.11. The number of nitrogen functional groups attached to an aromatic ring is 9. The third kappa shape index (κ3) is 2.28. The molecule has 0 saturated heterocycles. The van der Waals surface area contributed by atoms with Gasteiger partial charge in [-0.1, -0.05) is 0 Å². The molecule has 0 saturated carbocycles. The molecule has 0 aromatic heterocycles. The minimum atomic E-state index is -0.242. The van der Waals surface area contributed by atoms with Crippen molar-refractivity contribution >= 4 is 68.2 Å². The van der Waals surface area contributed by atoms with E-state index < -0.39 is 0 Å². The lowest BCUT2D eigenvalue weighted by molar-refractivity contribution is 1.30. The summed E-state index contributed by atoms with van der Waals surface area (Å²) in [5.74, 6) is 0. The Kier molecular flexibility index (Phi) is 3.99. The van der Waals surface area contributed by atoms with Crippen LogP contribution in [0.15, 0.2) is 0 Å². The maximum absolute atomic E-state index is 13.0. The molecule has 2 aromatic carbocycles. The van der Waals surface area contributed by atoms with Crippen LogP contribution in [0.25, 0.3) is 0 Å². The second-order valence-electron chi connectivity index (χ2n) is 5.34. The van der Waals surface area contributed by atoms with Gasteiger partial charge in [-0.25, -0.2) is 0 Å². The maximum atomic E-state index is 13.0. The normalized spacial score (nSPS) is 10.6. The van der Waals surface area contributed by atoms with E-state index in [1.807, 2.05) is 0 Å². The van der Waals surface area contributed by atoms with Crippen LogP contribution in [-0.2, 0) is 0 Å². The third-order valence-electron chi connectivity index (χ3n) is 3.96. The van der Waals surface area contributed by atoms with Gasteiger partial charge in [0.25, 0.3) is 0 Å². The van der Waals surface area contributed by atoms with Gasteiger partial charge in [-0.3, -0.25) is 0 Å². The Hall–Kier alpha value is -3.80. The van der Waals surface area contributed by atoms with Crippen LogP contribution >= 0.6 is 0 Å². The topological polar surface area (TPSA) is 273 Å². The van der Waals surface area contributed by atoms with Crippen LogP contribution in [0.4, 0.5) is 68.2 Å². The second-order valence-corrected chi connectivity index (χ2v) is 5.34. The van der Waals surface area contributed by atoms with E-state index in [0.717, 1.165) is 0 Å². The van der Waals surface area contributed by atoms with E-state index >= 15 is 0 Å². The number of benzene rings is 2. The summed E-state index contributed by atoms with van der Waals surface area (Å²) in [7, 11) is 1.55. The molecule has 0 radical (unpaired) electrons. The molecule has 0 amide bonds. The quantitative estimate of drug-likeness (QED) is 0.250. The standard InChI is InChI=1S/C13H22N11O/c1-23-11-6(18)5(17)9(21)13(10(11)22)24(25)12-7(19)3(15)2(14)4(16)8(12)20/h23H,14-22H2,1H3/q-1. The van der Waals surface area contributed by atoms with Crippen LogP contribution in [0.1, 0.15) is 0 Å². The van der Waals surface area contributed by atoms with E-state index in [2.05, 4.69) is 5.32 Å². The third-order valence-corrected chi connectivity index (χ3v) is 3.96. The minimum absolute atomic E-state index is 0.0251. The number of nitrogens with zero attached hydrogens (tertiary/aromatic N) is 1. The highest BCUT2D eigenvalue weighted by atomic mass is 16.5. The Bertz CT molecular complexity index is 835. The van der Waals surface area contributed by atoms with Crippen LogP contribution in [0.3, 0.4) is 0 Å². The van der Waals surface area contributed by atoms with Gasteiger partial charge in [0.2, 0.25) is 0 Å². The average molecular weight is 348 g/mol. The van der Waals surface area contributed by atoms with Crippen molar-refractivity contribution in [2.75, 3.05) is 69.0 Å². The predicted octanol–water partition coefficient (Wildman–Crippen LogP) is -0.396. The SMILES string of the molecule is CNc1c(N)c(N)c(N)c(N([O-])c2c(N)c(N)c(N)c(N)c2N)c1N. The number of nitrogens with two attached hydrogens (primary N) is 9. The van der Waals surface area contributed by atoms with Crippen molar-refractivity contribution in [2.45, 2.75) is 0 Å². The molecular weight excluding hydrogens is 326 g/mol. The highest BCUT2D eigenvalue weighted by Crippen LogP contribution is 2.51. The van der Waals surface area contributed by atoms with Crippen molar-refractivity contribution in [3.8, 4) is 0 Å². The Balaban J connectivity index is 2.85. The molecule has 12 nitrogen and oxygen atoms in total. The zero-order valence-electron chi connectivity index (χ0n) is 13.6. The Morgan fingerprint density at radius 3 is 1.28 bits per heavy atom. The van der Waals surface area contributed by atoms with Crippen molar-refractivity contribution in [1.29, 1.82) is 0 Å². The molecule has 2 aromatic rings. The zero-order chi connectivity index (χ0) is 19.2. The molecule has 0 unspecified atom stereocenters. The number of rotatable bonds is 3. The van der Waals surface area contributed by atoms with Gasteiger partial charge >= 0.3 is 0 Å². The van der Waals surface area contributed by atoms with Gasteiger partial charge in [0, 0.05) is 7.05 Å². The van der Waals surface area contributed by atoms with Crippen LogP contribution in [0.2, 0.25) is 0 Å². The Labute approximate surface area is 143 Å². The first kappa shape index (κ1) is 17.6. The van der Waals surface area contributed by atoms with Gasteiger partial charge in [0.1, 0.15) is 0 Å². The van der Waals surface area contributed by atoms with E-state index in [9.17, 15) is 5.21 Å². The van der Waals surface area contributed by atoms with Crippen molar-refractivity contribution in [2.24, 2.45) is 0 Å². The number of anilines is 12. The first-order valence-electron chi connectivity index (χ1n) is 6.98. The molecular formula is C13H22N11O-. The van der Waals surface area contributed by atoms with Gasteiger partial charge in [0.15, 0.2) is 0 Å². The zero-order valence-corrected chi connectivity index (χ0v) is 13.6. The summed E-state index contributed by atoms with van der Waals surface area (Å²) in [5, 5.41) is 16.1. The lowest BCUT2D eigenvalue weighted by Gasteiger charge is -2.37. The largest absolute Gasteiger partial charge is 0.754 e. The molecule has 0 aliphatic heterocycles. The highest BCUT2D eigenvalue weighted by Gasteiger charge is 2.23. The summed E-state index contributed by atoms with van der Waals surface area (Å²) < 4.78 is 0. The number of hydrogen-bond donors (Lipinski definition) is 10. The van der Waals surface area contributed by atoms with E-state index in [0.29, 0.717) is 5.06 Å². The fourth-order valence-electron chi connectivity index (χ4n) is 2.47. The molecule has 0 spiro atoms. The lowest BCUT2D eigenvalue weighted by atomic mass is 10.1. The molecule has 0 bridgehead atoms. The van der Waals surface area contributed by atoms with Gasteiger partial charge < -0.3 is 67.2 Å². The van der Waals surface area contributed by atoms with Crippen molar-refractivity contribution < 1.29 is 0 Å². The molecule has 19 N–H and O–H groups in total. The Morgan fingerprint density at radius 1 is 0.560 bits per heavy atom. The predicted molar refractivity (Wildman–Crippen MR) is 108 cm³/mol. The van der Waals surface area contributed by atoms with E-state index in [-0.39, 0.29) is 68.2 Å². The van der Waals surface area contributed by atoms with E-state index in [1.54, 1.807) is 7.05 Å². The van der Waals surface area contributed by atoms with Gasteiger partial charge in [-0.05, 0) is 0 Å². The molecule has 12 heteroatoms. The fraction of sp³-hybridized carbons (Fsp3) is 0.0769. The molecule has 0 aliphatic carbocycles. The number of hydrogen-bond acceptors (Lipinski definition) is 12. The summed E-state index contributed by atoms with van der Waals surface area (Å²) in [6.45, 7) is 0. The van der Waals surface area contributed by atoms with Crippen molar-refractivity contribution in [1.82, 2.24) is 0 Å². The summed E-state index contributed by atoms with van der Waals surface area (Å²) in [4.78, 5) is 0. The lowest BCUT2D eigenvalue weighted by Crippen LogP contribution is -2.20. The molecule has 0 aliphatic rings. The summed E-state index contributed by atoms with van der Waals surface area (Å²) in [5.41, 5.74) is 51.9. The van der Waals surface area contributed by atoms with Gasteiger partial charge in [-0.2, -0.15) is 0 Å². The fourth-order valence-corrected chi connectivity index (χ4v) is 2.47. The second kappa shape index (κ2) is 5.68. The van der Waals surface area contributed by atoms with Crippen molar-refractivity contribution in [3.63, 3.8) is 0 Å². The average Bonchev–Trinajstić information content (AvgIpc) is 2.57. The first-order chi connectivity index (χ1) is 11.6. The number of nitrogens with one attached hydrogen (secondary N) is 1. The first-order valence-corrected chi connectivity index (χ1v) is 6.98. The van der Waals surface area contributed by atoms with Crippen LogP contribution in [-0.4, -0.2) is 7.05 Å². The van der Waals surface area contributed by atoms with Crippen LogP contribution < -0.4 is 62.0 Å². The molecule has 25 heavy (non-hydrogen) atoms. The van der Waals surface area contributed by atoms with Crippen LogP contribution in [0, 0.1) is 5.21 Å². The van der Waals surface area contributed by atoms with Gasteiger partial charge in [-0.15, -0.1) is 0 Å². The monoisotopic (exact) mass is 348 g/mol. The summed E-state index contributed by atoms with van der Waals surface area (Å²) in [6.07, 6.45) is 0. The molecule has 0 fully saturated rings. The van der Waals surface area contributed by atoms with Gasteiger partial charge in [0.05, 0.1) is 68.2 Å². The molecule has 0 atom stereocenters. The molecule has 136 valence electrons. The molecule has 0 heterocycles. The van der Waals surface area contributed by atoms with E-state index in [4.69, 9.17) is 51.6 Å². The molecule has 2 rings (SSSR count). The maximum Gasteiger partial charge on any atom is 0.0849 e. The summed E-state index contributed by atoms with van der Waals surface area (Å²) in [6, 6.07) is 0.